The number of fused-ring (bicyclic) bond motifs is 1. The molecule has 6 heteroatoms. The summed E-state index contributed by atoms with van der Waals surface area (Å²) in [5, 5.41) is 10.1. The van der Waals surface area contributed by atoms with Gasteiger partial charge < -0.3 is 20.9 Å². The van der Waals surface area contributed by atoms with Gasteiger partial charge in [0.2, 0.25) is 11.8 Å². The Morgan fingerprint density at radius 2 is 1.75 bits per heavy atom. The molecule has 4 N–H and O–H groups in total. The first-order valence-electron chi connectivity index (χ1n) is 11.0. The third kappa shape index (κ3) is 6.00. The van der Waals surface area contributed by atoms with Gasteiger partial charge in [-0.05, 0) is 35.7 Å². The molecule has 0 bridgehead atoms. The van der Waals surface area contributed by atoms with Crippen LogP contribution < -0.4 is 16.0 Å². The van der Waals surface area contributed by atoms with Crippen LogP contribution in [0, 0.1) is 5.92 Å². The summed E-state index contributed by atoms with van der Waals surface area (Å²) in [7, 11) is 0. The minimum Gasteiger partial charge on any atom is -0.361 e. The van der Waals surface area contributed by atoms with Gasteiger partial charge in [0.25, 0.3) is 0 Å². The Morgan fingerprint density at radius 3 is 2.44 bits per heavy atom. The molecular formula is C26H32N4O2. The number of amides is 2. The molecule has 1 heterocycles. The smallest absolute Gasteiger partial charge is 0.243 e. The maximum Gasteiger partial charge on any atom is 0.243 e. The summed E-state index contributed by atoms with van der Waals surface area (Å²) in [6, 6.07) is 15.4. The van der Waals surface area contributed by atoms with E-state index in [9.17, 15) is 9.59 Å². The van der Waals surface area contributed by atoms with E-state index in [0.717, 1.165) is 28.6 Å². The minimum atomic E-state index is -0.680. The predicted molar refractivity (Wildman–Crippen MR) is 130 cm³/mol. The highest BCUT2D eigenvalue weighted by atomic mass is 16.2. The van der Waals surface area contributed by atoms with Gasteiger partial charge in [0, 0.05) is 40.8 Å². The topological polar surface area (TPSA) is 86.0 Å². The third-order valence-electron chi connectivity index (χ3n) is 5.42. The van der Waals surface area contributed by atoms with Gasteiger partial charge in [-0.25, -0.2) is 0 Å². The quantitative estimate of drug-likeness (QED) is 0.388. The molecule has 0 aliphatic rings. The van der Waals surface area contributed by atoms with Gasteiger partial charge in [-0.2, -0.15) is 0 Å². The van der Waals surface area contributed by atoms with Crippen LogP contribution >= 0.6 is 0 Å². The van der Waals surface area contributed by atoms with E-state index in [1.54, 1.807) is 0 Å². The first kappa shape index (κ1) is 23.1. The predicted octanol–water partition coefficient (Wildman–Crippen LogP) is 4.16. The second-order valence-corrected chi connectivity index (χ2v) is 8.28. The van der Waals surface area contributed by atoms with Crippen LogP contribution in [0.1, 0.15) is 31.9 Å². The van der Waals surface area contributed by atoms with Crippen molar-refractivity contribution in [1.82, 2.24) is 15.6 Å². The van der Waals surface area contributed by atoms with Gasteiger partial charge in [-0.3, -0.25) is 9.59 Å². The number of rotatable bonds is 10. The van der Waals surface area contributed by atoms with E-state index in [1.807, 2.05) is 56.4 Å². The molecule has 0 saturated carbocycles. The number of nitrogens with one attached hydrogen (secondary N) is 4. The molecule has 0 radical (unpaired) electrons. The van der Waals surface area contributed by atoms with Crippen LogP contribution in [0.25, 0.3) is 10.9 Å². The summed E-state index contributed by atoms with van der Waals surface area (Å²) in [6.07, 6.45) is 3.27. The van der Waals surface area contributed by atoms with Gasteiger partial charge in [0.1, 0.15) is 6.04 Å². The van der Waals surface area contributed by atoms with Crippen molar-refractivity contribution in [1.29, 1.82) is 0 Å². The number of aryl methyl sites for hydroxylation is 1. The highest BCUT2D eigenvalue weighted by Crippen LogP contribution is 2.19. The van der Waals surface area contributed by atoms with Crippen molar-refractivity contribution in [2.75, 3.05) is 11.9 Å². The largest absolute Gasteiger partial charge is 0.361 e. The molecule has 1 atom stereocenters. The van der Waals surface area contributed by atoms with Crippen molar-refractivity contribution < 1.29 is 9.59 Å². The molecular weight excluding hydrogens is 400 g/mol. The van der Waals surface area contributed by atoms with E-state index in [2.05, 4.69) is 46.6 Å². The van der Waals surface area contributed by atoms with Gasteiger partial charge >= 0.3 is 0 Å². The number of benzene rings is 2. The fourth-order valence-corrected chi connectivity index (χ4v) is 3.46. The second-order valence-electron chi connectivity index (χ2n) is 8.28. The summed E-state index contributed by atoms with van der Waals surface area (Å²) in [5.41, 5.74) is 4.84. The van der Waals surface area contributed by atoms with E-state index in [0.29, 0.717) is 12.1 Å². The Bertz CT molecular complexity index is 1080. The van der Waals surface area contributed by atoms with Crippen molar-refractivity contribution in [2.45, 2.75) is 39.7 Å². The molecule has 168 valence electrons. The summed E-state index contributed by atoms with van der Waals surface area (Å²) in [6.45, 7) is 10.0. The summed E-state index contributed by atoms with van der Waals surface area (Å²) in [4.78, 5) is 28.6. The highest BCUT2D eigenvalue weighted by Gasteiger charge is 2.23. The molecule has 1 aromatic heterocycles. The maximum absolute atomic E-state index is 13.0. The van der Waals surface area contributed by atoms with Crippen molar-refractivity contribution in [3.8, 4) is 0 Å². The summed E-state index contributed by atoms with van der Waals surface area (Å²) in [5.74, 6) is -0.609. The molecule has 3 rings (SSSR count). The molecule has 0 unspecified atom stereocenters. The number of hydrogen-bond donors (Lipinski definition) is 4. The van der Waals surface area contributed by atoms with Crippen molar-refractivity contribution in [3.05, 3.63) is 78.1 Å². The Kier molecular flexibility index (Phi) is 7.71. The Balaban J connectivity index is 1.64. The van der Waals surface area contributed by atoms with Crippen LogP contribution in [-0.2, 0) is 22.4 Å². The normalized spacial score (nSPS) is 11.9. The van der Waals surface area contributed by atoms with Crippen LogP contribution in [0.3, 0.4) is 0 Å². The number of aromatic amines is 1. The number of carbonyl (C=O) groups excluding carboxylic acids is 2. The zero-order valence-electron chi connectivity index (χ0n) is 19.0. The zero-order chi connectivity index (χ0) is 23.1. The highest BCUT2D eigenvalue weighted by molar-refractivity contribution is 5.90. The van der Waals surface area contributed by atoms with E-state index >= 15 is 0 Å². The number of H-pyrrole nitrogens is 1. The maximum atomic E-state index is 13.0. The lowest BCUT2D eigenvalue weighted by Gasteiger charge is -2.20. The van der Waals surface area contributed by atoms with E-state index < -0.39 is 6.04 Å². The molecule has 0 aliphatic carbocycles. The minimum absolute atomic E-state index is 0.155. The monoisotopic (exact) mass is 432 g/mol. The average Bonchev–Trinajstić information content (AvgIpc) is 3.20. The standard InChI is InChI=1S/C26H32N4O2/c1-5-19-10-12-21(13-11-19)29-18(4)15-28-26(32)24(30-25(31)17(2)3)14-20-16-27-23-9-7-6-8-22(20)23/h6-13,16-17,24,27,29H,4-5,14-15H2,1-3H3,(H,28,32)(H,30,31)/t24-/m0/s1. The van der Waals surface area contributed by atoms with Crippen LogP contribution in [0.2, 0.25) is 0 Å². The number of aromatic nitrogens is 1. The molecule has 2 amide bonds. The van der Waals surface area contributed by atoms with Crippen LogP contribution in [0.15, 0.2) is 67.0 Å². The molecule has 32 heavy (non-hydrogen) atoms. The number of carbonyl (C=O) groups is 2. The first-order chi connectivity index (χ1) is 15.4. The average molecular weight is 433 g/mol. The van der Waals surface area contributed by atoms with Crippen molar-refractivity contribution in [2.24, 2.45) is 5.92 Å². The zero-order valence-corrected chi connectivity index (χ0v) is 19.0. The van der Waals surface area contributed by atoms with Gasteiger partial charge in [-0.15, -0.1) is 0 Å². The lowest BCUT2D eigenvalue weighted by atomic mass is 10.0. The third-order valence-corrected chi connectivity index (χ3v) is 5.42. The SMILES string of the molecule is C=C(CNC(=O)[C@H](Cc1c[nH]c2ccccc12)NC(=O)C(C)C)Nc1ccc(CC)cc1. The van der Waals surface area contributed by atoms with Crippen molar-refractivity contribution >= 4 is 28.4 Å². The van der Waals surface area contributed by atoms with Crippen LogP contribution in [0.4, 0.5) is 5.69 Å². The van der Waals surface area contributed by atoms with Crippen LogP contribution in [0.5, 0.6) is 0 Å². The van der Waals surface area contributed by atoms with Gasteiger partial charge in [-0.1, -0.05) is 57.7 Å². The molecule has 0 spiro atoms. The molecule has 0 aliphatic heterocycles. The molecule has 6 nitrogen and oxygen atoms in total. The molecule has 0 fully saturated rings. The first-order valence-corrected chi connectivity index (χ1v) is 11.0. The van der Waals surface area contributed by atoms with Crippen LogP contribution in [-0.4, -0.2) is 29.4 Å². The van der Waals surface area contributed by atoms with Gasteiger partial charge in [0.05, 0.1) is 6.54 Å². The second kappa shape index (κ2) is 10.7. The number of para-hydroxylation sites is 1. The van der Waals surface area contributed by atoms with Crippen molar-refractivity contribution in [3.63, 3.8) is 0 Å². The van der Waals surface area contributed by atoms with E-state index in [4.69, 9.17) is 0 Å². The Labute approximate surface area is 189 Å². The molecule has 3 aromatic rings. The Morgan fingerprint density at radius 1 is 1.03 bits per heavy atom. The molecule has 0 saturated heterocycles. The summed E-state index contributed by atoms with van der Waals surface area (Å²) >= 11 is 0. The lowest BCUT2D eigenvalue weighted by molar-refractivity contribution is -0.130. The Hall–Kier alpha value is -3.54. The number of anilines is 1. The van der Waals surface area contributed by atoms with E-state index in [-0.39, 0.29) is 24.3 Å². The summed E-state index contributed by atoms with van der Waals surface area (Å²) < 4.78 is 0. The lowest BCUT2D eigenvalue weighted by Crippen LogP contribution is -2.49. The fourth-order valence-electron chi connectivity index (χ4n) is 3.46. The van der Waals surface area contributed by atoms with E-state index in [1.165, 1.54) is 5.56 Å². The number of hydrogen-bond acceptors (Lipinski definition) is 3. The van der Waals surface area contributed by atoms with Gasteiger partial charge in [0.15, 0.2) is 0 Å². The fraction of sp³-hybridized carbons (Fsp3) is 0.308. The molecule has 2 aromatic carbocycles.